The van der Waals surface area contributed by atoms with E-state index >= 15 is 0 Å². The van der Waals surface area contributed by atoms with Crippen molar-refractivity contribution in [2.24, 2.45) is 17.4 Å². The number of rotatable bonds is 14. The van der Waals surface area contributed by atoms with Gasteiger partial charge in [-0.15, -0.1) is 0 Å². The van der Waals surface area contributed by atoms with Gasteiger partial charge in [-0.2, -0.15) is 0 Å². The van der Waals surface area contributed by atoms with Crippen LogP contribution in [0.1, 0.15) is 32.3 Å². The summed E-state index contributed by atoms with van der Waals surface area (Å²) in [5, 5.41) is 25.9. The van der Waals surface area contributed by atoms with Crippen LogP contribution in [0.15, 0.2) is 30.3 Å². The standard InChI is InChI=1S/C22H33N5O7/c1-12(2)18(24)21(32)26-15(10-13-6-4-3-5-7-13)19(30)27-16(11-28)20(31)25-14(22(33)34)8-9-17(23)29/h3-7,12,14-16,18,28H,8-11,24H2,1-2H3,(H2,23,29)(H,25,31)(H,26,32)(H,27,30)(H,33,34). The number of carbonyl (C=O) groups is 5. The minimum Gasteiger partial charge on any atom is -0.480 e. The number of aliphatic hydroxyl groups excluding tert-OH is 1. The molecule has 4 amide bonds. The van der Waals surface area contributed by atoms with Gasteiger partial charge in [-0.25, -0.2) is 4.79 Å². The van der Waals surface area contributed by atoms with Gasteiger partial charge in [0.1, 0.15) is 18.1 Å². The molecule has 4 unspecified atom stereocenters. The maximum Gasteiger partial charge on any atom is 0.326 e. The maximum absolute atomic E-state index is 12.9. The fourth-order valence-corrected chi connectivity index (χ4v) is 2.91. The Morgan fingerprint density at radius 3 is 1.91 bits per heavy atom. The molecule has 0 aromatic heterocycles. The van der Waals surface area contributed by atoms with Crippen LogP contribution in [0.4, 0.5) is 0 Å². The van der Waals surface area contributed by atoms with E-state index in [4.69, 9.17) is 11.5 Å². The summed E-state index contributed by atoms with van der Waals surface area (Å²) in [5.74, 6) is -4.65. The van der Waals surface area contributed by atoms with E-state index in [2.05, 4.69) is 16.0 Å². The van der Waals surface area contributed by atoms with Crippen molar-refractivity contribution >= 4 is 29.6 Å². The molecule has 12 nitrogen and oxygen atoms in total. The number of aliphatic hydroxyl groups is 1. The van der Waals surface area contributed by atoms with Gasteiger partial charge in [0.05, 0.1) is 12.6 Å². The normalized spacial score (nSPS) is 14.4. The molecule has 4 atom stereocenters. The highest BCUT2D eigenvalue weighted by Crippen LogP contribution is 2.06. The number of amides is 4. The first-order valence-corrected chi connectivity index (χ1v) is 10.8. The number of primary amides is 1. The lowest BCUT2D eigenvalue weighted by Crippen LogP contribution is -2.59. The quantitative estimate of drug-likeness (QED) is 0.158. The van der Waals surface area contributed by atoms with Crippen LogP contribution >= 0.6 is 0 Å². The van der Waals surface area contributed by atoms with E-state index in [-0.39, 0.29) is 25.2 Å². The molecule has 0 spiro atoms. The average molecular weight is 480 g/mol. The first-order valence-electron chi connectivity index (χ1n) is 10.8. The zero-order valence-electron chi connectivity index (χ0n) is 19.2. The lowest BCUT2D eigenvalue weighted by atomic mass is 10.0. The lowest BCUT2D eigenvalue weighted by Gasteiger charge is -2.25. The molecule has 0 saturated heterocycles. The second kappa shape index (κ2) is 13.9. The largest absolute Gasteiger partial charge is 0.480 e. The molecule has 34 heavy (non-hydrogen) atoms. The van der Waals surface area contributed by atoms with E-state index in [0.29, 0.717) is 0 Å². The van der Waals surface area contributed by atoms with Crippen LogP contribution in [0.3, 0.4) is 0 Å². The number of nitrogens with two attached hydrogens (primary N) is 2. The highest BCUT2D eigenvalue weighted by molar-refractivity contribution is 5.94. The van der Waals surface area contributed by atoms with Crippen LogP contribution in [-0.2, 0) is 30.4 Å². The zero-order valence-corrected chi connectivity index (χ0v) is 19.2. The predicted molar refractivity (Wildman–Crippen MR) is 122 cm³/mol. The summed E-state index contributed by atoms with van der Waals surface area (Å²) in [5.41, 5.74) is 11.6. The summed E-state index contributed by atoms with van der Waals surface area (Å²) in [6, 6.07) is 3.86. The monoisotopic (exact) mass is 479 g/mol. The molecular weight excluding hydrogens is 446 g/mol. The Morgan fingerprint density at radius 2 is 1.41 bits per heavy atom. The topological polar surface area (TPSA) is 214 Å². The number of carboxylic acid groups (broad SMARTS) is 1. The van der Waals surface area contributed by atoms with Crippen molar-refractivity contribution in [2.45, 2.75) is 57.3 Å². The van der Waals surface area contributed by atoms with Gasteiger partial charge in [0.2, 0.25) is 23.6 Å². The van der Waals surface area contributed by atoms with E-state index in [1.807, 2.05) is 0 Å². The molecule has 9 N–H and O–H groups in total. The van der Waals surface area contributed by atoms with Crippen molar-refractivity contribution in [1.82, 2.24) is 16.0 Å². The molecular formula is C22H33N5O7. The van der Waals surface area contributed by atoms with Gasteiger partial charge in [-0.05, 0) is 17.9 Å². The van der Waals surface area contributed by atoms with Crippen LogP contribution in [0, 0.1) is 5.92 Å². The molecule has 0 aliphatic heterocycles. The van der Waals surface area contributed by atoms with Crippen LogP contribution < -0.4 is 27.4 Å². The van der Waals surface area contributed by atoms with E-state index < -0.39 is 60.4 Å². The first kappa shape index (κ1) is 28.5. The van der Waals surface area contributed by atoms with Crippen LogP contribution in [0.25, 0.3) is 0 Å². The second-order valence-corrected chi connectivity index (χ2v) is 8.17. The van der Waals surface area contributed by atoms with Gasteiger partial charge in [0.25, 0.3) is 0 Å². The first-order chi connectivity index (χ1) is 16.0. The zero-order chi connectivity index (χ0) is 25.8. The Morgan fingerprint density at radius 1 is 0.882 bits per heavy atom. The molecule has 0 radical (unpaired) electrons. The van der Waals surface area contributed by atoms with Gasteiger partial charge < -0.3 is 37.6 Å². The molecule has 0 aliphatic rings. The van der Waals surface area contributed by atoms with E-state index in [1.165, 1.54) is 0 Å². The minimum absolute atomic E-state index is 0.0827. The molecule has 0 bridgehead atoms. The summed E-state index contributed by atoms with van der Waals surface area (Å²) >= 11 is 0. The third-order valence-corrected chi connectivity index (χ3v) is 5.05. The third-order valence-electron chi connectivity index (χ3n) is 5.05. The Balaban J connectivity index is 2.97. The molecule has 12 heteroatoms. The maximum atomic E-state index is 12.9. The van der Waals surface area contributed by atoms with Crippen molar-refractivity contribution in [3.63, 3.8) is 0 Å². The summed E-state index contributed by atoms with van der Waals surface area (Å²) < 4.78 is 0. The van der Waals surface area contributed by atoms with Crippen LogP contribution in [0.2, 0.25) is 0 Å². The SMILES string of the molecule is CC(C)C(N)C(=O)NC(Cc1ccccc1)C(=O)NC(CO)C(=O)NC(CCC(N)=O)C(=O)O. The third kappa shape index (κ3) is 9.55. The van der Waals surface area contributed by atoms with Crippen molar-refractivity contribution in [2.75, 3.05) is 6.61 Å². The molecule has 0 fully saturated rings. The minimum atomic E-state index is -1.50. The van der Waals surface area contributed by atoms with Crippen molar-refractivity contribution in [3.05, 3.63) is 35.9 Å². The number of carboxylic acids is 1. The number of hydrogen-bond donors (Lipinski definition) is 7. The Bertz CT molecular complexity index is 862. The van der Waals surface area contributed by atoms with Gasteiger partial charge >= 0.3 is 5.97 Å². The molecule has 0 heterocycles. The van der Waals surface area contributed by atoms with Gasteiger partial charge in [-0.1, -0.05) is 44.2 Å². The summed E-state index contributed by atoms with van der Waals surface area (Å²) in [7, 11) is 0. The number of hydrogen-bond acceptors (Lipinski definition) is 7. The number of benzene rings is 1. The van der Waals surface area contributed by atoms with Crippen molar-refractivity contribution in [1.29, 1.82) is 0 Å². The Hall–Kier alpha value is -3.51. The van der Waals surface area contributed by atoms with E-state index in [0.717, 1.165) is 5.56 Å². The van der Waals surface area contributed by atoms with Gasteiger partial charge in [0, 0.05) is 12.8 Å². The van der Waals surface area contributed by atoms with E-state index in [9.17, 15) is 34.2 Å². The van der Waals surface area contributed by atoms with E-state index in [1.54, 1.807) is 44.2 Å². The number of aliphatic carboxylic acids is 1. The van der Waals surface area contributed by atoms with Crippen LogP contribution in [-0.4, -0.2) is 70.6 Å². The number of nitrogens with one attached hydrogen (secondary N) is 3. The number of carbonyl (C=O) groups excluding carboxylic acids is 4. The average Bonchev–Trinajstić information content (AvgIpc) is 2.78. The highest BCUT2D eigenvalue weighted by atomic mass is 16.4. The molecule has 1 aromatic carbocycles. The molecule has 0 aliphatic carbocycles. The fraction of sp³-hybridized carbons (Fsp3) is 0.500. The fourth-order valence-electron chi connectivity index (χ4n) is 2.91. The Labute approximate surface area is 197 Å². The molecule has 1 aromatic rings. The van der Waals surface area contributed by atoms with Gasteiger partial charge in [0.15, 0.2) is 0 Å². The Kier molecular flexibility index (Phi) is 11.7. The molecule has 0 saturated carbocycles. The van der Waals surface area contributed by atoms with Crippen molar-refractivity contribution in [3.8, 4) is 0 Å². The lowest BCUT2D eigenvalue weighted by molar-refractivity contribution is -0.143. The van der Waals surface area contributed by atoms with Crippen molar-refractivity contribution < 1.29 is 34.2 Å². The molecule has 188 valence electrons. The second-order valence-electron chi connectivity index (χ2n) is 8.17. The smallest absolute Gasteiger partial charge is 0.326 e. The highest BCUT2D eigenvalue weighted by Gasteiger charge is 2.30. The summed E-state index contributed by atoms with van der Waals surface area (Å²) in [6.45, 7) is 2.66. The summed E-state index contributed by atoms with van der Waals surface area (Å²) in [6.07, 6.45) is -0.462. The van der Waals surface area contributed by atoms with Crippen LogP contribution in [0.5, 0.6) is 0 Å². The predicted octanol–water partition coefficient (Wildman–Crippen LogP) is -1.99. The van der Waals surface area contributed by atoms with Gasteiger partial charge in [-0.3, -0.25) is 19.2 Å². The molecule has 1 rings (SSSR count). The summed E-state index contributed by atoms with van der Waals surface area (Å²) in [4.78, 5) is 60.2.